The van der Waals surface area contributed by atoms with Gasteiger partial charge in [0, 0.05) is 35.1 Å². The van der Waals surface area contributed by atoms with E-state index in [-0.39, 0.29) is 11.8 Å². The lowest BCUT2D eigenvalue weighted by Gasteiger charge is -2.15. The molecule has 0 saturated heterocycles. The van der Waals surface area contributed by atoms with Crippen LogP contribution in [0.5, 0.6) is 5.75 Å². The Morgan fingerprint density at radius 1 is 1.07 bits per heavy atom. The second-order valence-corrected chi connectivity index (χ2v) is 7.25. The van der Waals surface area contributed by atoms with Crippen molar-refractivity contribution in [3.63, 3.8) is 0 Å². The Kier molecular flexibility index (Phi) is 4.95. The molecule has 0 saturated carbocycles. The highest BCUT2D eigenvalue weighted by molar-refractivity contribution is 7.18. The zero-order chi connectivity index (χ0) is 18.6. The number of rotatable bonds is 6. The zero-order valence-electron chi connectivity index (χ0n) is 14.5. The number of pyridine rings is 1. The molecule has 0 spiro atoms. The van der Waals surface area contributed by atoms with Crippen molar-refractivity contribution in [2.24, 2.45) is 5.73 Å². The van der Waals surface area contributed by atoms with Gasteiger partial charge in [-0.1, -0.05) is 53.8 Å². The monoisotopic (exact) mass is 377 g/mol. The van der Waals surface area contributed by atoms with Crippen LogP contribution in [0, 0.1) is 0 Å². The van der Waals surface area contributed by atoms with Crippen LogP contribution in [0.25, 0.3) is 21.3 Å². The standard InChI is InChI=1S/C20H19N5OS/c21-10-16(8-13-4-2-1-3-5-13)23-20-25-24-19(27-20)14-6-7-15-11-22-12-18(26)17(15)9-14/h1-7,9,11-12,16,26H,8,10,21H2,(H,23,25). The highest BCUT2D eigenvalue weighted by atomic mass is 32.1. The number of fused-ring (bicyclic) bond motifs is 1. The van der Waals surface area contributed by atoms with Crippen molar-refractivity contribution < 1.29 is 5.11 Å². The molecule has 0 amide bonds. The Balaban J connectivity index is 1.53. The molecule has 1 unspecified atom stereocenters. The quantitative estimate of drug-likeness (QED) is 0.476. The first-order valence-electron chi connectivity index (χ1n) is 8.64. The summed E-state index contributed by atoms with van der Waals surface area (Å²) in [6.45, 7) is 0.501. The van der Waals surface area contributed by atoms with Crippen molar-refractivity contribution in [2.75, 3.05) is 11.9 Å². The molecular formula is C20H19N5OS. The average molecular weight is 377 g/mol. The highest BCUT2D eigenvalue weighted by Gasteiger charge is 2.13. The van der Waals surface area contributed by atoms with E-state index in [0.29, 0.717) is 6.54 Å². The summed E-state index contributed by atoms with van der Waals surface area (Å²) in [7, 11) is 0. The van der Waals surface area contributed by atoms with Crippen LogP contribution >= 0.6 is 11.3 Å². The smallest absolute Gasteiger partial charge is 0.206 e. The molecule has 2 aromatic heterocycles. The zero-order valence-corrected chi connectivity index (χ0v) is 15.4. The average Bonchev–Trinajstić information content (AvgIpc) is 3.17. The Morgan fingerprint density at radius 2 is 1.93 bits per heavy atom. The summed E-state index contributed by atoms with van der Waals surface area (Å²) >= 11 is 1.47. The third kappa shape index (κ3) is 3.89. The maximum atomic E-state index is 10.0. The van der Waals surface area contributed by atoms with Gasteiger partial charge in [0.1, 0.15) is 10.8 Å². The molecular weight excluding hydrogens is 358 g/mol. The fourth-order valence-electron chi connectivity index (χ4n) is 2.95. The van der Waals surface area contributed by atoms with Crippen LogP contribution in [-0.2, 0) is 6.42 Å². The SMILES string of the molecule is NCC(Cc1ccccc1)Nc1nnc(-c2ccc3cncc(O)c3c2)s1. The Labute approximate surface area is 160 Å². The minimum absolute atomic E-state index is 0.0833. The van der Waals surface area contributed by atoms with E-state index in [1.807, 2.05) is 36.4 Å². The molecule has 2 heterocycles. The van der Waals surface area contributed by atoms with Gasteiger partial charge in [0.15, 0.2) is 0 Å². The maximum absolute atomic E-state index is 10.0. The summed E-state index contributed by atoms with van der Waals surface area (Å²) in [6, 6.07) is 16.1. The van der Waals surface area contributed by atoms with E-state index in [9.17, 15) is 5.11 Å². The van der Waals surface area contributed by atoms with Crippen molar-refractivity contribution in [3.05, 3.63) is 66.5 Å². The van der Waals surface area contributed by atoms with Crippen LogP contribution < -0.4 is 11.1 Å². The molecule has 0 aliphatic rings. The Morgan fingerprint density at radius 3 is 2.74 bits per heavy atom. The molecule has 0 aliphatic heterocycles. The van der Waals surface area contributed by atoms with Crippen molar-refractivity contribution in [2.45, 2.75) is 12.5 Å². The predicted octanol–water partition coefficient (Wildman–Crippen LogP) is 3.44. The van der Waals surface area contributed by atoms with Crippen LogP contribution in [0.15, 0.2) is 60.9 Å². The van der Waals surface area contributed by atoms with Gasteiger partial charge in [-0.3, -0.25) is 4.98 Å². The molecule has 7 heteroatoms. The van der Waals surface area contributed by atoms with Crippen molar-refractivity contribution in [3.8, 4) is 16.3 Å². The van der Waals surface area contributed by atoms with E-state index >= 15 is 0 Å². The summed E-state index contributed by atoms with van der Waals surface area (Å²) in [5.74, 6) is 0.156. The Hall–Kier alpha value is -3.03. The van der Waals surface area contributed by atoms with Crippen LogP contribution in [0.4, 0.5) is 5.13 Å². The van der Waals surface area contributed by atoms with Crippen molar-refractivity contribution in [1.82, 2.24) is 15.2 Å². The number of aromatic nitrogens is 3. The van der Waals surface area contributed by atoms with Crippen molar-refractivity contribution >= 4 is 27.2 Å². The molecule has 136 valence electrons. The molecule has 27 heavy (non-hydrogen) atoms. The summed E-state index contributed by atoms with van der Waals surface area (Å²) in [6.07, 6.45) is 3.99. The van der Waals surface area contributed by atoms with E-state index in [1.54, 1.807) is 6.20 Å². The minimum atomic E-state index is 0.0833. The molecule has 4 N–H and O–H groups in total. The van der Waals surface area contributed by atoms with Gasteiger partial charge < -0.3 is 16.2 Å². The number of nitrogens with zero attached hydrogens (tertiary/aromatic N) is 3. The van der Waals surface area contributed by atoms with Gasteiger partial charge in [-0.2, -0.15) is 0 Å². The molecule has 4 rings (SSSR count). The third-order valence-electron chi connectivity index (χ3n) is 4.35. The van der Waals surface area contributed by atoms with Crippen LogP contribution in [0.3, 0.4) is 0 Å². The number of hydrogen-bond acceptors (Lipinski definition) is 7. The lowest BCUT2D eigenvalue weighted by Crippen LogP contribution is -2.30. The van der Waals surface area contributed by atoms with E-state index < -0.39 is 0 Å². The number of aromatic hydroxyl groups is 1. The van der Waals surface area contributed by atoms with Gasteiger partial charge in [-0.25, -0.2) is 0 Å². The summed E-state index contributed by atoms with van der Waals surface area (Å²) in [4.78, 5) is 4.00. The topological polar surface area (TPSA) is 97.0 Å². The van der Waals surface area contributed by atoms with Gasteiger partial charge in [-0.15, -0.1) is 10.2 Å². The maximum Gasteiger partial charge on any atom is 0.206 e. The number of nitrogens with one attached hydrogen (secondary N) is 1. The molecule has 0 fully saturated rings. The van der Waals surface area contributed by atoms with Gasteiger partial charge in [0.05, 0.1) is 6.20 Å². The number of hydrogen-bond donors (Lipinski definition) is 3. The molecule has 0 bridgehead atoms. The second kappa shape index (κ2) is 7.69. The van der Waals surface area contributed by atoms with E-state index in [0.717, 1.165) is 32.9 Å². The number of benzene rings is 2. The lowest BCUT2D eigenvalue weighted by molar-refractivity contribution is 0.479. The third-order valence-corrected chi connectivity index (χ3v) is 5.25. The first-order chi connectivity index (χ1) is 13.2. The number of nitrogens with two attached hydrogens (primary N) is 1. The molecule has 0 aliphatic carbocycles. The van der Waals surface area contributed by atoms with Gasteiger partial charge in [0.25, 0.3) is 0 Å². The van der Waals surface area contributed by atoms with E-state index in [2.05, 4.69) is 32.6 Å². The largest absolute Gasteiger partial charge is 0.506 e. The molecule has 1 atom stereocenters. The summed E-state index contributed by atoms with van der Waals surface area (Å²) in [5.41, 5.74) is 8.06. The fraction of sp³-hybridized carbons (Fsp3) is 0.150. The Bertz CT molecular complexity index is 1050. The second-order valence-electron chi connectivity index (χ2n) is 6.27. The minimum Gasteiger partial charge on any atom is -0.506 e. The molecule has 2 aromatic carbocycles. The van der Waals surface area contributed by atoms with Gasteiger partial charge >= 0.3 is 0 Å². The highest BCUT2D eigenvalue weighted by Crippen LogP contribution is 2.31. The first kappa shape index (κ1) is 17.4. The molecule has 4 aromatic rings. The van der Waals surface area contributed by atoms with Gasteiger partial charge in [0.2, 0.25) is 5.13 Å². The normalized spacial score (nSPS) is 12.2. The predicted molar refractivity (Wildman–Crippen MR) is 109 cm³/mol. The fourth-order valence-corrected chi connectivity index (χ4v) is 3.76. The number of anilines is 1. The lowest BCUT2D eigenvalue weighted by atomic mass is 10.1. The van der Waals surface area contributed by atoms with Crippen LogP contribution in [-0.4, -0.2) is 32.9 Å². The van der Waals surface area contributed by atoms with Crippen molar-refractivity contribution in [1.29, 1.82) is 0 Å². The summed E-state index contributed by atoms with van der Waals surface area (Å²) in [5, 5.41) is 25.1. The van der Waals surface area contributed by atoms with E-state index in [4.69, 9.17) is 5.73 Å². The summed E-state index contributed by atoms with van der Waals surface area (Å²) < 4.78 is 0. The molecule has 0 radical (unpaired) electrons. The molecule has 6 nitrogen and oxygen atoms in total. The van der Waals surface area contributed by atoms with Crippen LogP contribution in [0.1, 0.15) is 5.56 Å². The van der Waals surface area contributed by atoms with Crippen LogP contribution in [0.2, 0.25) is 0 Å². The first-order valence-corrected chi connectivity index (χ1v) is 9.46. The van der Waals surface area contributed by atoms with E-state index in [1.165, 1.54) is 23.1 Å². The van der Waals surface area contributed by atoms with Gasteiger partial charge in [-0.05, 0) is 18.1 Å².